The Bertz CT molecular complexity index is 775. The van der Waals surface area contributed by atoms with Crippen molar-refractivity contribution in [1.82, 2.24) is 4.98 Å². The molecule has 7 heteroatoms. The number of allylic oxidation sites excluding steroid dienone is 1. The Morgan fingerprint density at radius 2 is 2.39 bits per heavy atom. The number of hydrogen-bond acceptors (Lipinski definition) is 5. The quantitative estimate of drug-likeness (QED) is 0.839. The van der Waals surface area contributed by atoms with E-state index < -0.39 is 6.17 Å². The molecule has 0 amide bonds. The number of ether oxygens (including phenoxy) is 1. The fourth-order valence-corrected chi connectivity index (χ4v) is 3.51. The van der Waals surface area contributed by atoms with E-state index in [0.717, 1.165) is 16.1 Å². The van der Waals surface area contributed by atoms with E-state index in [1.165, 1.54) is 24.5 Å². The molecule has 1 aromatic heterocycles. The van der Waals surface area contributed by atoms with Gasteiger partial charge < -0.3 is 10.1 Å². The van der Waals surface area contributed by atoms with E-state index in [1.54, 1.807) is 24.3 Å². The topological polar surface area (TPSA) is 51.2 Å². The predicted molar refractivity (Wildman–Crippen MR) is 90.2 cm³/mol. The van der Waals surface area contributed by atoms with Gasteiger partial charge in [-0.05, 0) is 29.8 Å². The molecule has 1 aliphatic carbocycles. The molecule has 0 saturated carbocycles. The molecule has 2 aromatic rings. The second kappa shape index (κ2) is 6.68. The number of anilines is 2. The largest absolute Gasteiger partial charge is 0.469 e. The SMILES string of the molecule is COC(=O)Cc1ccc(Nc2nc3c(s2)CC(F)C=C3)c(Cl)c1. The number of nitrogens with one attached hydrogen (secondary N) is 1. The number of thiazole rings is 1. The van der Waals surface area contributed by atoms with E-state index >= 15 is 0 Å². The van der Waals surface area contributed by atoms with Crippen LogP contribution in [-0.2, 0) is 22.4 Å². The highest BCUT2D eigenvalue weighted by molar-refractivity contribution is 7.15. The predicted octanol–water partition coefficient (Wildman–Crippen LogP) is 4.16. The first kappa shape index (κ1) is 16.0. The zero-order valence-corrected chi connectivity index (χ0v) is 13.9. The standard InChI is InChI=1S/C16H14ClFN2O2S/c1-22-15(21)7-9-2-4-12(11(17)6-9)19-16-20-13-5-3-10(18)8-14(13)23-16/h2-6,10H,7-8H2,1H3,(H,19,20). The molecule has 0 fully saturated rings. The number of carbonyl (C=O) groups is 1. The van der Waals surface area contributed by atoms with Gasteiger partial charge in [0.15, 0.2) is 5.13 Å². The van der Waals surface area contributed by atoms with Crippen molar-refractivity contribution in [2.75, 3.05) is 12.4 Å². The number of nitrogens with zero attached hydrogens (tertiary/aromatic N) is 1. The van der Waals surface area contributed by atoms with Crippen LogP contribution in [0.4, 0.5) is 15.2 Å². The van der Waals surface area contributed by atoms with Crippen LogP contribution in [0.5, 0.6) is 0 Å². The lowest BCUT2D eigenvalue weighted by Crippen LogP contribution is -2.04. The summed E-state index contributed by atoms with van der Waals surface area (Å²) in [4.78, 5) is 16.6. The van der Waals surface area contributed by atoms with Crippen molar-refractivity contribution in [2.45, 2.75) is 19.0 Å². The van der Waals surface area contributed by atoms with E-state index in [0.29, 0.717) is 22.3 Å². The number of halogens is 2. The van der Waals surface area contributed by atoms with Gasteiger partial charge in [0, 0.05) is 11.3 Å². The Hall–Kier alpha value is -1.92. The van der Waals surface area contributed by atoms with Gasteiger partial charge in [-0.1, -0.05) is 17.7 Å². The highest BCUT2D eigenvalue weighted by atomic mass is 35.5. The number of rotatable bonds is 4. The van der Waals surface area contributed by atoms with Crippen LogP contribution in [0.2, 0.25) is 5.02 Å². The van der Waals surface area contributed by atoms with Gasteiger partial charge >= 0.3 is 5.97 Å². The lowest BCUT2D eigenvalue weighted by atomic mass is 10.1. The van der Waals surface area contributed by atoms with Crippen molar-refractivity contribution in [3.05, 3.63) is 45.4 Å². The molecule has 1 heterocycles. The van der Waals surface area contributed by atoms with E-state index in [4.69, 9.17) is 11.6 Å². The summed E-state index contributed by atoms with van der Waals surface area (Å²) in [6.45, 7) is 0. The molecule has 1 N–H and O–H groups in total. The van der Waals surface area contributed by atoms with E-state index in [-0.39, 0.29) is 12.4 Å². The third kappa shape index (κ3) is 3.71. The van der Waals surface area contributed by atoms with Crippen LogP contribution < -0.4 is 5.32 Å². The molecule has 1 unspecified atom stereocenters. The van der Waals surface area contributed by atoms with Crippen LogP contribution in [-0.4, -0.2) is 24.2 Å². The molecule has 23 heavy (non-hydrogen) atoms. The smallest absolute Gasteiger partial charge is 0.309 e. The van der Waals surface area contributed by atoms with Crippen LogP contribution in [0.3, 0.4) is 0 Å². The van der Waals surface area contributed by atoms with Gasteiger partial charge in [0.2, 0.25) is 0 Å². The summed E-state index contributed by atoms with van der Waals surface area (Å²) >= 11 is 7.66. The van der Waals surface area contributed by atoms with Crippen LogP contribution in [0.25, 0.3) is 6.08 Å². The second-order valence-corrected chi connectivity index (χ2v) is 6.59. The number of fused-ring (bicyclic) bond motifs is 1. The lowest BCUT2D eigenvalue weighted by molar-refractivity contribution is -0.139. The van der Waals surface area contributed by atoms with Gasteiger partial charge in [-0.3, -0.25) is 4.79 Å². The molecule has 0 saturated heterocycles. The Morgan fingerprint density at radius 3 is 3.13 bits per heavy atom. The van der Waals surface area contributed by atoms with Crippen molar-refractivity contribution in [3.8, 4) is 0 Å². The third-order valence-electron chi connectivity index (χ3n) is 3.42. The maximum atomic E-state index is 13.4. The molecule has 0 spiro atoms. The summed E-state index contributed by atoms with van der Waals surface area (Å²) in [6.07, 6.45) is 2.80. The van der Waals surface area contributed by atoms with Crippen molar-refractivity contribution in [1.29, 1.82) is 0 Å². The number of methoxy groups -OCH3 is 1. The van der Waals surface area contributed by atoms with Crippen LogP contribution in [0, 0.1) is 0 Å². The first-order valence-electron chi connectivity index (χ1n) is 6.99. The van der Waals surface area contributed by atoms with Crippen molar-refractivity contribution in [3.63, 3.8) is 0 Å². The summed E-state index contributed by atoms with van der Waals surface area (Å²) in [5.74, 6) is -0.318. The normalized spacial score (nSPS) is 16.0. The van der Waals surface area contributed by atoms with Crippen molar-refractivity contribution < 1.29 is 13.9 Å². The summed E-state index contributed by atoms with van der Waals surface area (Å²) in [7, 11) is 1.35. The maximum Gasteiger partial charge on any atom is 0.309 e. The van der Waals surface area contributed by atoms with E-state index in [9.17, 15) is 9.18 Å². The molecule has 3 rings (SSSR count). The molecule has 1 atom stereocenters. The van der Waals surface area contributed by atoms with Crippen molar-refractivity contribution >= 4 is 45.8 Å². The maximum absolute atomic E-state index is 13.4. The summed E-state index contributed by atoms with van der Waals surface area (Å²) < 4.78 is 18.0. The molecule has 0 bridgehead atoms. The Balaban J connectivity index is 1.76. The highest BCUT2D eigenvalue weighted by Crippen LogP contribution is 2.33. The van der Waals surface area contributed by atoms with Crippen LogP contribution >= 0.6 is 22.9 Å². The zero-order valence-electron chi connectivity index (χ0n) is 12.3. The summed E-state index contributed by atoms with van der Waals surface area (Å²) in [6, 6.07) is 5.30. The Kier molecular flexibility index (Phi) is 4.63. The monoisotopic (exact) mass is 352 g/mol. The van der Waals surface area contributed by atoms with E-state index in [1.807, 2.05) is 0 Å². The minimum absolute atomic E-state index is 0.171. The van der Waals surface area contributed by atoms with Crippen molar-refractivity contribution in [2.24, 2.45) is 0 Å². The molecular weight excluding hydrogens is 339 g/mol. The average Bonchev–Trinajstić information content (AvgIpc) is 2.91. The number of carbonyl (C=O) groups excluding carboxylic acids is 1. The minimum Gasteiger partial charge on any atom is -0.469 e. The Morgan fingerprint density at radius 1 is 1.57 bits per heavy atom. The zero-order chi connectivity index (χ0) is 16.4. The van der Waals surface area contributed by atoms with Crippen LogP contribution in [0.1, 0.15) is 16.1 Å². The lowest BCUT2D eigenvalue weighted by Gasteiger charge is -2.07. The fraction of sp³-hybridized carbons (Fsp3) is 0.250. The first-order valence-corrected chi connectivity index (χ1v) is 8.19. The van der Waals surface area contributed by atoms with Crippen LogP contribution in [0.15, 0.2) is 24.3 Å². The number of alkyl halides is 1. The molecule has 4 nitrogen and oxygen atoms in total. The molecule has 120 valence electrons. The number of benzene rings is 1. The van der Waals surface area contributed by atoms with Gasteiger partial charge in [-0.2, -0.15) is 0 Å². The average molecular weight is 353 g/mol. The number of aromatic nitrogens is 1. The molecule has 1 aliphatic rings. The summed E-state index contributed by atoms with van der Waals surface area (Å²) in [5, 5.41) is 4.29. The van der Waals surface area contributed by atoms with Gasteiger partial charge in [-0.25, -0.2) is 9.37 Å². The van der Waals surface area contributed by atoms with E-state index in [2.05, 4.69) is 15.0 Å². The first-order chi connectivity index (χ1) is 11.0. The number of esters is 1. The van der Waals surface area contributed by atoms with Gasteiger partial charge in [0.25, 0.3) is 0 Å². The summed E-state index contributed by atoms with van der Waals surface area (Å²) in [5.41, 5.74) is 2.26. The highest BCUT2D eigenvalue weighted by Gasteiger charge is 2.18. The van der Waals surface area contributed by atoms with Gasteiger partial charge in [-0.15, -0.1) is 11.3 Å². The van der Waals surface area contributed by atoms with Gasteiger partial charge in [0.05, 0.1) is 29.9 Å². The number of hydrogen-bond donors (Lipinski definition) is 1. The molecular formula is C16H14ClFN2O2S. The fourth-order valence-electron chi connectivity index (χ4n) is 2.26. The minimum atomic E-state index is -0.947. The van der Waals surface area contributed by atoms with Gasteiger partial charge in [0.1, 0.15) is 6.17 Å². The molecule has 0 radical (unpaired) electrons. The molecule has 1 aromatic carbocycles. The third-order valence-corrected chi connectivity index (χ3v) is 4.74. The Labute approximate surface area is 142 Å². The second-order valence-electron chi connectivity index (χ2n) is 5.10. The molecule has 0 aliphatic heterocycles.